The molecule has 0 aromatic heterocycles. The van der Waals surface area contributed by atoms with Crippen molar-refractivity contribution in [3.8, 4) is 0 Å². The smallest absolute Gasteiger partial charge is 0.334 e. The quantitative estimate of drug-likeness (QED) is 0.536. The summed E-state index contributed by atoms with van der Waals surface area (Å²) in [6.45, 7) is 7.97. The van der Waals surface area contributed by atoms with Gasteiger partial charge in [-0.15, -0.1) is 0 Å². The highest BCUT2D eigenvalue weighted by molar-refractivity contribution is 5.90. The minimum atomic E-state index is -0.548. The maximum atomic E-state index is 11.6. The molecule has 2 saturated heterocycles. The van der Waals surface area contributed by atoms with Crippen molar-refractivity contribution >= 4 is 5.97 Å². The van der Waals surface area contributed by atoms with E-state index in [4.69, 9.17) is 9.47 Å². The lowest BCUT2D eigenvalue weighted by Gasteiger charge is -2.38. The topological polar surface area (TPSA) is 55.8 Å². The zero-order valence-corrected chi connectivity index (χ0v) is 11.6. The van der Waals surface area contributed by atoms with E-state index in [0.717, 1.165) is 19.3 Å². The Morgan fingerprint density at radius 3 is 2.74 bits per heavy atom. The summed E-state index contributed by atoms with van der Waals surface area (Å²) in [5, 5.41) is 10.6. The van der Waals surface area contributed by atoms with Gasteiger partial charge in [0.1, 0.15) is 6.10 Å². The highest BCUT2D eigenvalue weighted by atomic mass is 16.6. The first-order valence-corrected chi connectivity index (χ1v) is 7.19. The van der Waals surface area contributed by atoms with Crippen LogP contribution >= 0.6 is 0 Å². The fourth-order valence-corrected chi connectivity index (χ4v) is 4.02. The van der Waals surface area contributed by atoms with Gasteiger partial charge in [-0.1, -0.05) is 13.5 Å². The van der Waals surface area contributed by atoms with Crippen LogP contribution in [0, 0.1) is 11.8 Å². The first kappa shape index (κ1) is 13.1. The maximum absolute atomic E-state index is 11.6. The summed E-state index contributed by atoms with van der Waals surface area (Å²) in [5.74, 6) is -0.170. The van der Waals surface area contributed by atoms with Gasteiger partial charge in [0.15, 0.2) is 0 Å². The predicted molar refractivity (Wildman–Crippen MR) is 69.4 cm³/mol. The van der Waals surface area contributed by atoms with Crippen LogP contribution in [0.1, 0.15) is 39.5 Å². The second-order valence-corrected chi connectivity index (χ2v) is 6.39. The Morgan fingerprint density at radius 2 is 2.11 bits per heavy atom. The maximum Gasteiger partial charge on any atom is 0.334 e. The Balaban J connectivity index is 1.89. The van der Waals surface area contributed by atoms with Gasteiger partial charge in [0.05, 0.1) is 17.8 Å². The van der Waals surface area contributed by atoms with Crippen molar-refractivity contribution in [3.05, 3.63) is 12.2 Å². The highest BCUT2D eigenvalue weighted by Gasteiger charge is 2.55. The number of carbonyl (C=O) groups excluding carboxylic acids is 1. The summed E-state index contributed by atoms with van der Waals surface area (Å²) in [4.78, 5) is 11.6. The third-order valence-electron chi connectivity index (χ3n) is 5.24. The Hall–Kier alpha value is -0.870. The van der Waals surface area contributed by atoms with Gasteiger partial charge in [-0.25, -0.2) is 4.79 Å². The number of carbonyl (C=O) groups is 1. The van der Waals surface area contributed by atoms with Crippen LogP contribution in [-0.2, 0) is 14.3 Å². The number of hydrogen-bond donors (Lipinski definition) is 1. The van der Waals surface area contributed by atoms with Crippen LogP contribution in [0.15, 0.2) is 12.2 Å². The largest absolute Gasteiger partial charge is 0.458 e. The molecule has 3 fully saturated rings. The molecule has 1 saturated carbocycles. The summed E-state index contributed by atoms with van der Waals surface area (Å²) >= 11 is 0. The van der Waals surface area contributed by atoms with Crippen molar-refractivity contribution in [2.75, 3.05) is 0 Å². The minimum absolute atomic E-state index is 0.0520. The number of esters is 1. The summed E-state index contributed by atoms with van der Waals surface area (Å²) in [6, 6.07) is 0. The second-order valence-electron chi connectivity index (χ2n) is 6.39. The first-order valence-electron chi connectivity index (χ1n) is 7.19. The lowest BCUT2D eigenvalue weighted by molar-refractivity contribution is -0.147. The average molecular weight is 266 g/mol. The third-order valence-corrected chi connectivity index (χ3v) is 5.24. The number of ether oxygens (including phenoxy) is 2. The molecule has 6 atom stereocenters. The number of aliphatic hydroxyl groups is 1. The molecule has 3 rings (SSSR count). The monoisotopic (exact) mass is 266 g/mol. The molecule has 1 spiro atoms. The van der Waals surface area contributed by atoms with Gasteiger partial charge >= 0.3 is 5.97 Å². The standard InChI is InChI=1S/C15H22O4/c1-8-6-12-11(10(3)14(17)18-12)7-13(16)15(8)5-4-9(2)19-15/h8-9,11-13,16H,3-7H2,1-2H3. The lowest BCUT2D eigenvalue weighted by atomic mass is 9.80. The van der Waals surface area contributed by atoms with E-state index in [1.54, 1.807) is 0 Å². The van der Waals surface area contributed by atoms with E-state index in [1.807, 2.05) is 0 Å². The molecule has 1 N–H and O–H groups in total. The zero-order valence-electron chi connectivity index (χ0n) is 11.6. The van der Waals surface area contributed by atoms with Crippen LogP contribution in [0.3, 0.4) is 0 Å². The molecule has 0 aromatic carbocycles. The lowest BCUT2D eigenvalue weighted by Crippen LogP contribution is -2.47. The highest BCUT2D eigenvalue weighted by Crippen LogP contribution is 2.49. The summed E-state index contributed by atoms with van der Waals surface area (Å²) in [7, 11) is 0. The fourth-order valence-electron chi connectivity index (χ4n) is 4.02. The molecule has 4 nitrogen and oxygen atoms in total. The van der Waals surface area contributed by atoms with E-state index in [2.05, 4.69) is 20.4 Å². The molecule has 0 radical (unpaired) electrons. The SMILES string of the molecule is C=C1C(=O)OC2CC(C)C3(CCC(C)O3)C(O)CC12. The summed E-state index contributed by atoms with van der Waals surface area (Å²) in [5.41, 5.74) is 0.0514. The molecule has 1 aliphatic carbocycles. The van der Waals surface area contributed by atoms with Gasteiger partial charge in [-0.3, -0.25) is 0 Å². The van der Waals surface area contributed by atoms with Crippen LogP contribution in [0.25, 0.3) is 0 Å². The molecule has 106 valence electrons. The molecular weight excluding hydrogens is 244 g/mol. The van der Waals surface area contributed by atoms with Crippen LogP contribution in [0.5, 0.6) is 0 Å². The Morgan fingerprint density at radius 1 is 1.37 bits per heavy atom. The summed E-state index contributed by atoms with van der Waals surface area (Å²) < 4.78 is 11.5. The van der Waals surface area contributed by atoms with Crippen molar-refractivity contribution in [2.24, 2.45) is 11.8 Å². The molecule has 0 amide bonds. The predicted octanol–water partition coefficient (Wildman–Crippen LogP) is 1.81. The zero-order chi connectivity index (χ0) is 13.8. The normalized spacial score (nSPS) is 50.2. The molecule has 2 heterocycles. The Labute approximate surface area is 113 Å². The molecule has 19 heavy (non-hydrogen) atoms. The molecule has 2 aliphatic heterocycles. The van der Waals surface area contributed by atoms with Gasteiger partial charge in [0.2, 0.25) is 0 Å². The van der Waals surface area contributed by atoms with Crippen molar-refractivity contribution in [1.82, 2.24) is 0 Å². The van der Waals surface area contributed by atoms with E-state index in [9.17, 15) is 9.90 Å². The molecule has 0 bridgehead atoms. The molecule has 4 heteroatoms. The Bertz CT molecular complexity index is 418. The number of fused-ring (bicyclic) bond motifs is 1. The molecular formula is C15H22O4. The molecule has 3 aliphatic rings. The van der Waals surface area contributed by atoms with Crippen molar-refractivity contribution in [3.63, 3.8) is 0 Å². The minimum Gasteiger partial charge on any atom is -0.458 e. The van der Waals surface area contributed by atoms with Gasteiger partial charge in [0.25, 0.3) is 0 Å². The molecule has 6 unspecified atom stereocenters. The van der Waals surface area contributed by atoms with Gasteiger partial charge in [0, 0.05) is 11.5 Å². The molecule has 0 aromatic rings. The van der Waals surface area contributed by atoms with E-state index in [-0.39, 0.29) is 30.0 Å². The van der Waals surface area contributed by atoms with E-state index in [0.29, 0.717) is 12.0 Å². The third kappa shape index (κ3) is 1.84. The van der Waals surface area contributed by atoms with Crippen molar-refractivity contribution in [1.29, 1.82) is 0 Å². The Kier molecular flexibility index (Phi) is 2.98. The van der Waals surface area contributed by atoms with E-state index >= 15 is 0 Å². The number of aliphatic hydroxyl groups excluding tert-OH is 1. The van der Waals surface area contributed by atoms with Crippen molar-refractivity contribution in [2.45, 2.75) is 63.4 Å². The second kappa shape index (κ2) is 4.32. The van der Waals surface area contributed by atoms with Crippen LogP contribution in [0.4, 0.5) is 0 Å². The number of rotatable bonds is 0. The van der Waals surface area contributed by atoms with Crippen LogP contribution in [0.2, 0.25) is 0 Å². The first-order chi connectivity index (χ1) is 8.94. The van der Waals surface area contributed by atoms with E-state index < -0.39 is 11.7 Å². The van der Waals surface area contributed by atoms with Crippen LogP contribution in [-0.4, -0.2) is 35.0 Å². The average Bonchev–Trinajstić information content (AvgIpc) is 2.83. The van der Waals surface area contributed by atoms with E-state index in [1.165, 1.54) is 0 Å². The fraction of sp³-hybridized carbons (Fsp3) is 0.800. The summed E-state index contributed by atoms with van der Waals surface area (Å²) in [6.07, 6.45) is 2.65. The number of hydrogen-bond acceptors (Lipinski definition) is 4. The van der Waals surface area contributed by atoms with Crippen molar-refractivity contribution < 1.29 is 19.4 Å². The van der Waals surface area contributed by atoms with Crippen LogP contribution < -0.4 is 0 Å². The van der Waals surface area contributed by atoms with Gasteiger partial charge in [-0.2, -0.15) is 0 Å². The van der Waals surface area contributed by atoms with Gasteiger partial charge < -0.3 is 14.6 Å². The van der Waals surface area contributed by atoms with Gasteiger partial charge in [-0.05, 0) is 38.5 Å².